The number of amides is 2. The highest BCUT2D eigenvalue weighted by Gasteiger charge is 2.42. The average Bonchev–Trinajstić information content (AvgIpc) is 2.79. The fourth-order valence-corrected chi connectivity index (χ4v) is 4.12. The molecule has 1 aromatic carbocycles. The highest BCUT2D eigenvalue weighted by Crippen LogP contribution is 2.41. The number of esters is 1. The third-order valence-corrected chi connectivity index (χ3v) is 5.75. The van der Waals surface area contributed by atoms with Crippen LogP contribution in [-0.2, 0) is 19.1 Å². The largest absolute Gasteiger partial charge is 0.496 e. The topological polar surface area (TPSA) is 76.2 Å². The second kappa shape index (κ2) is 12.3. The fraction of sp³-hybridized carbons (Fsp3) is 0.560. The Morgan fingerprint density at radius 2 is 1.97 bits per heavy atom. The smallest absolute Gasteiger partial charge is 0.311 e. The van der Waals surface area contributed by atoms with Crippen molar-refractivity contribution in [1.82, 2.24) is 9.80 Å². The van der Waals surface area contributed by atoms with E-state index in [1.54, 1.807) is 16.9 Å². The van der Waals surface area contributed by atoms with E-state index < -0.39 is 17.9 Å². The van der Waals surface area contributed by atoms with Crippen molar-refractivity contribution in [3.05, 3.63) is 42.0 Å². The molecule has 0 aliphatic carbocycles. The molecule has 1 aromatic rings. The summed E-state index contributed by atoms with van der Waals surface area (Å²) in [5.74, 6) is -0.638. The van der Waals surface area contributed by atoms with Crippen molar-refractivity contribution in [2.24, 2.45) is 5.92 Å². The van der Waals surface area contributed by atoms with Gasteiger partial charge in [0, 0.05) is 31.6 Å². The summed E-state index contributed by atoms with van der Waals surface area (Å²) in [4.78, 5) is 41.9. The normalized spacial score (nSPS) is 18.2. The summed E-state index contributed by atoms with van der Waals surface area (Å²) in [6, 6.07) is 6.96. The quantitative estimate of drug-likeness (QED) is 0.384. The lowest BCUT2D eigenvalue weighted by atomic mass is 9.83. The molecule has 0 radical (unpaired) electrons. The first kappa shape index (κ1) is 25.4. The van der Waals surface area contributed by atoms with Gasteiger partial charge in [-0.3, -0.25) is 14.4 Å². The summed E-state index contributed by atoms with van der Waals surface area (Å²) in [6.45, 7) is 10.8. The van der Waals surface area contributed by atoms with E-state index in [2.05, 4.69) is 13.5 Å². The van der Waals surface area contributed by atoms with Crippen LogP contribution >= 0.6 is 0 Å². The van der Waals surface area contributed by atoms with Gasteiger partial charge in [-0.15, -0.1) is 0 Å². The van der Waals surface area contributed by atoms with E-state index in [1.165, 1.54) is 0 Å². The van der Waals surface area contributed by atoms with Crippen LogP contribution in [0.5, 0.6) is 5.75 Å². The SMILES string of the molecule is C=C(C)CN(CC)C(=O)COC(=O)C1CCC(=O)N(CCCC)C1c1ccccc1OC. The summed E-state index contributed by atoms with van der Waals surface area (Å²) in [5, 5.41) is 0. The second-order valence-electron chi connectivity index (χ2n) is 8.25. The van der Waals surface area contributed by atoms with Gasteiger partial charge in [-0.1, -0.05) is 43.7 Å². The van der Waals surface area contributed by atoms with E-state index in [0.29, 0.717) is 31.8 Å². The Morgan fingerprint density at radius 3 is 2.59 bits per heavy atom. The van der Waals surface area contributed by atoms with E-state index in [1.807, 2.05) is 38.1 Å². The highest BCUT2D eigenvalue weighted by atomic mass is 16.5. The van der Waals surface area contributed by atoms with Gasteiger partial charge in [0.2, 0.25) is 5.91 Å². The number of hydrogen-bond donors (Lipinski definition) is 0. The van der Waals surface area contributed by atoms with E-state index in [4.69, 9.17) is 9.47 Å². The van der Waals surface area contributed by atoms with E-state index >= 15 is 0 Å². The maximum atomic E-state index is 13.2. The number of rotatable bonds is 11. The molecule has 0 spiro atoms. The molecule has 2 rings (SSSR count). The second-order valence-corrected chi connectivity index (χ2v) is 8.25. The zero-order valence-electron chi connectivity index (χ0n) is 19.8. The van der Waals surface area contributed by atoms with Gasteiger partial charge in [-0.25, -0.2) is 0 Å². The Hall–Kier alpha value is -2.83. The number of unbranched alkanes of at least 4 members (excludes halogenated alkanes) is 1. The number of carbonyl (C=O) groups is 3. The van der Waals surface area contributed by atoms with Crippen molar-refractivity contribution in [3.63, 3.8) is 0 Å². The molecule has 1 fully saturated rings. The molecule has 176 valence electrons. The van der Waals surface area contributed by atoms with E-state index in [9.17, 15) is 14.4 Å². The Morgan fingerprint density at radius 1 is 1.25 bits per heavy atom. The zero-order valence-corrected chi connectivity index (χ0v) is 19.8. The number of methoxy groups -OCH3 is 1. The number of benzene rings is 1. The first-order valence-corrected chi connectivity index (χ1v) is 11.3. The van der Waals surface area contributed by atoms with Gasteiger partial charge in [0.15, 0.2) is 6.61 Å². The molecule has 1 heterocycles. The number of likely N-dealkylation sites (tertiary alicyclic amines) is 1. The standard InChI is InChI=1S/C25H36N2O5/c1-6-8-15-27-22(28)14-13-20(24(27)19-11-9-10-12-21(19)31-5)25(30)32-17-23(29)26(7-2)16-18(3)4/h9-12,20,24H,3,6-8,13-17H2,1-2,4-5H3. The molecule has 1 aliphatic rings. The number of likely N-dealkylation sites (N-methyl/N-ethyl adjacent to an activating group) is 1. The lowest BCUT2D eigenvalue weighted by Crippen LogP contribution is -2.46. The van der Waals surface area contributed by atoms with Crippen molar-refractivity contribution in [1.29, 1.82) is 0 Å². The molecule has 1 saturated heterocycles. The maximum Gasteiger partial charge on any atom is 0.311 e. The fourth-order valence-electron chi connectivity index (χ4n) is 4.12. The third kappa shape index (κ3) is 6.34. The minimum absolute atomic E-state index is 0.0214. The van der Waals surface area contributed by atoms with Crippen LogP contribution in [0.2, 0.25) is 0 Å². The van der Waals surface area contributed by atoms with Gasteiger partial charge in [0.1, 0.15) is 5.75 Å². The first-order chi connectivity index (χ1) is 15.3. The van der Waals surface area contributed by atoms with Crippen molar-refractivity contribution in [2.45, 2.75) is 52.5 Å². The molecule has 0 bridgehead atoms. The number of nitrogens with zero attached hydrogens (tertiary/aromatic N) is 2. The zero-order chi connectivity index (χ0) is 23.7. The molecule has 0 aromatic heterocycles. The lowest BCUT2D eigenvalue weighted by Gasteiger charge is -2.41. The molecule has 2 unspecified atom stereocenters. The van der Waals surface area contributed by atoms with Crippen LogP contribution in [0, 0.1) is 5.92 Å². The number of ether oxygens (including phenoxy) is 2. The number of hydrogen-bond acceptors (Lipinski definition) is 5. The van der Waals surface area contributed by atoms with Crippen LogP contribution in [-0.4, -0.2) is 60.9 Å². The molecule has 7 nitrogen and oxygen atoms in total. The van der Waals surface area contributed by atoms with Gasteiger partial charge in [0.25, 0.3) is 5.91 Å². The summed E-state index contributed by atoms with van der Waals surface area (Å²) >= 11 is 0. The summed E-state index contributed by atoms with van der Waals surface area (Å²) in [7, 11) is 1.58. The Bertz CT molecular complexity index is 822. The number of para-hydroxylation sites is 1. The van der Waals surface area contributed by atoms with Crippen molar-refractivity contribution in [3.8, 4) is 5.75 Å². The van der Waals surface area contributed by atoms with Gasteiger partial charge in [-0.2, -0.15) is 0 Å². The molecular formula is C25H36N2O5. The van der Waals surface area contributed by atoms with Crippen molar-refractivity contribution >= 4 is 17.8 Å². The average molecular weight is 445 g/mol. The Labute approximate surface area is 191 Å². The lowest BCUT2D eigenvalue weighted by molar-refractivity contribution is -0.161. The molecule has 7 heteroatoms. The Balaban J connectivity index is 2.26. The van der Waals surface area contributed by atoms with Gasteiger partial charge in [-0.05, 0) is 32.8 Å². The van der Waals surface area contributed by atoms with Crippen LogP contribution in [0.4, 0.5) is 0 Å². The molecule has 2 atom stereocenters. The van der Waals surface area contributed by atoms with Crippen LogP contribution < -0.4 is 4.74 Å². The minimum Gasteiger partial charge on any atom is -0.496 e. The predicted molar refractivity (Wildman–Crippen MR) is 123 cm³/mol. The van der Waals surface area contributed by atoms with Gasteiger partial charge < -0.3 is 19.3 Å². The third-order valence-electron chi connectivity index (χ3n) is 5.75. The number of piperidine rings is 1. The van der Waals surface area contributed by atoms with Crippen LogP contribution in [0.1, 0.15) is 58.1 Å². The van der Waals surface area contributed by atoms with Crippen molar-refractivity contribution < 1.29 is 23.9 Å². The molecule has 1 aliphatic heterocycles. The predicted octanol–water partition coefficient (Wildman–Crippen LogP) is 3.74. The van der Waals surface area contributed by atoms with E-state index in [0.717, 1.165) is 24.0 Å². The summed E-state index contributed by atoms with van der Waals surface area (Å²) in [6.07, 6.45) is 2.42. The van der Waals surface area contributed by atoms with Crippen LogP contribution in [0.3, 0.4) is 0 Å². The van der Waals surface area contributed by atoms with Gasteiger partial charge in [0.05, 0.1) is 19.1 Å². The molecule has 32 heavy (non-hydrogen) atoms. The summed E-state index contributed by atoms with van der Waals surface area (Å²) < 4.78 is 11.0. The summed E-state index contributed by atoms with van der Waals surface area (Å²) in [5.41, 5.74) is 1.64. The molecule has 0 N–H and O–H groups in total. The first-order valence-electron chi connectivity index (χ1n) is 11.3. The minimum atomic E-state index is -0.565. The monoisotopic (exact) mass is 444 g/mol. The van der Waals surface area contributed by atoms with Crippen molar-refractivity contribution in [2.75, 3.05) is 33.4 Å². The number of carbonyl (C=O) groups excluding carboxylic acids is 3. The van der Waals surface area contributed by atoms with Crippen LogP contribution in [0.15, 0.2) is 36.4 Å². The van der Waals surface area contributed by atoms with E-state index in [-0.39, 0.29) is 24.8 Å². The highest BCUT2D eigenvalue weighted by molar-refractivity contribution is 5.85. The maximum absolute atomic E-state index is 13.2. The Kier molecular flexibility index (Phi) is 9.75. The van der Waals surface area contributed by atoms with Crippen LogP contribution in [0.25, 0.3) is 0 Å². The molecule has 2 amide bonds. The van der Waals surface area contributed by atoms with Gasteiger partial charge >= 0.3 is 5.97 Å². The molecule has 0 saturated carbocycles. The molecular weight excluding hydrogens is 408 g/mol.